The molecule has 1 aromatic carbocycles. The van der Waals surface area contributed by atoms with E-state index in [4.69, 9.17) is 21.1 Å². The van der Waals surface area contributed by atoms with E-state index in [0.717, 1.165) is 44.0 Å². The molecule has 2 aliphatic rings. The molecule has 2 heterocycles. The van der Waals surface area contributed by atoms with Crippen LogP contribution >= 0.6 is 11.6 Å². The Bertz CT molecular complexity index is 459. The summed E-state index contributed by atoms with van der Waals surface area (Å²) in [5, 5.41) is 4.06. The van der Waals surface area contributed by atoms with E-state index >= 15 is 0 Å². The highest BCUT2D eigenvalue weighted by Crippen LogP contribution is 2.42. The third-order valence-corrected chi connectivity index (χ3v) is 3.92. The summed E-state index contributed by atoms with van der Waals surface area (Å²) >= 11 is 6.43. The molecule has 5 heteroatoms. The smallest absolute Gasteiger partial charge is 0.231 e. The highest BCUT2D eigenvalue weighted by molar-refractivity contribution is 6.33. The first-order chi connectivity index (χ1) is 8.75. The molecule has 1 N–H and O–H groups in total. The fourth-order valence-electron chi connectivity index (χ4n) is 2.45. The van der Waals surface area contributed by atoms with Gasteiger partial charge in [-0.25, -0.2) is 0 Å². The molecule has 1 fully saturated rings. The normalized spacial score (nSPS) is 19.2. The van der Waals surface area contributed by atoms with Gasteiger partial charge in [-0.2, -0.15) is 0 Å². The Morgan fingerprint density at radius 1 is 1.33 bits per heavy atom. The second kappa shape index (κ2) is 4.96. The van der Waals surface area contributed by atoms with E-state index in [9.17, 15) is 0 Å². The lowest BCUT2D eigenvalue weighted by atomic mass is 10.1. The summed E-state index contributed by atoms with van der Waals surface area (Å²) in [5.74, 6) is 1.47. The number of benzene rings is 1. The number of hydrogen-bond donors (Lipinski definition) is 1. The van der Waals surface area contributed by atoms with E-state index in [1.165, 1.54) is 5.56 Å². The lowest BCUT2D eigenvalue weighted by Gasteiger charge is -2.28. The van der Waals surface area contributed by atoms with Crippen LogP contribution in [0.3, 0.4) is 0 Å². The van der Waals surface area contributed by atoms with Crippen molar-refractivity contribution < 1.29 is 9.47 Å². The average Bonchev–Trinajstić information content (AvgIpc) is 2.84. The number of hydrogen-bond acceptors (Lipinski definition) is 4. The van der Waals surface area contributed by atoms with Gasteiger partial charge in [0.05, 0.1) is 5.02 Å². The van der Waals surface area contributed by atoms with Gasteiger partial charge in [0.25, 0.3) is 0 Å². The van der Waals surface area contributed by atoms with Gasteiger partial charge in [-0.15, -0.1) is 0 Å². The Kier molecular flexibility index (Phi) is 3.33. The highest BCUT2D eigenvalue weighted by Gasteiger charge is 2.23. The maximum absolute atomic E-state index is 6.43. The van der Waals surface area contributed by atoms with Crippen LogP contribution in [0.25, 0.3) is 0 Å². The molecule has 0 aliphatic carbocycles. The third kappa shape index (κ3) is 2.16. The van der Waals surface area contributed by atoms with Crippen LogP contribution < -0.4 is 14.8 Å². The van der Waals surface area contributed by atoms with E-state index in [1.807, 2.05) is 6.07 Å². The second-order valence-corrected chi connectivity index (χ2v) is 5.12. The molecule has 18 heavy (non-hydrogen) atoms. The topological polar surface area (TPSA) is 33.7 Å². The molecule has 98 valence electrons. The minimum absolute atomic E-state index is 0.269. The van der Waals surface area contributed by atoms with Crippen LogP contribution in [0.2, 0.25) is 5.02 Å². The number of rotatable bonds is 2. The SMILES string of the molecule is Cc1cc2c(c(Cl)c1CN1CCNCC1)OCO2. The molecule has 1 aromatic rings. The van der Waals surface area contributed by atoms with Crippen molar-refractivity contribution in [3.05, 3.63) is 22.2 Å². The van der Waals surface area contributed by atoms with Crippen LogP contribution in [-0.2, 0) is 6.54 Å². The number of piperazine rings is 1. The Morgan fingerprint density at radius 3 is 2.89 bits per heavy atom. The van der Waals surface area contributed by atoms with Crippen LogP contribution in [0.4, 0.5) is 0 Å². The first-order valence-electron chi connectivity index (χ1n) is 6.26. The van der Waals surface area contributed by atoms with E-state index < -0.39 is 0 Å². The van der Waals surface area contributed by atoms with Crippen molar-refractivity contribution in [3.8, 4) is 11.5 Å². The molecule has 0 saturated carbocycles. The molecular formula is C13H17ClN2O2. The molecule has 0 aromatic heterocycles. The first kappa shape index (κ1) is 12.1. The molecule has 0 radical (unpaired) electrons. The number of aryl methyl sites for hydroxylation is 1. The van der Waals surface area contributed by atoms with Gasteiger partial charge in [0.2, 0.25) is 6.79 Å². The van der Waals surface area contributed by atoms with Gasteiger partial charge in [0, 0.05) is 32.7 Å². The van der Waals surface area contributed by atoms with Crippen LogP contribution in [0, 0.1) is 6.92 Å². The summed E-state index contributed by atoms with van der Waals surface area (Å²) in [6.07, 6.45) is 0. The van der Waals surface area contributed by atoms with Gasteiger partial charge < -0.3 is 14.8 Å². The van der Waals surface area contributed by atoms with E-state index in [0.29, 0.717) is 10.8 Å². The number of nitrogens with one attached hydrogen (secondary N) is 1. The fraction of sp³-hybridized carbons (Fsp3) is 0.538. The minimum Gasteiger partial charge on any atom is -0.454 e. The standard InChI is InChI=1S/C13H17ClN2O2/c1-9-6-11-13(18-8-17-11)12(14)10(9)7-16-4-2-15-3-5-16/h6,15H,2-5,7-8H2,1H3. The van der Waals surface area contributed by atoms with Gasteiger partial charge in [-0.3, -0.25) is 4.90 Å². The lowest BCUT2D eigenvalue weighted by Crippen LogP contribution is -2.43. The molecule has 0 amide bonds. The van der Waals surface area contributed by atoms with Gasteiger partial charge in [-0.1, -0.05) is 11.6 Å². The van der Waals surface area contributed by atoms with Crippen LogP contribution in [0.5, 0.6) is 11.5 Å². The van der Waals surface area contributed by atoms with Gasteiger partial charge in [-0.05, 0) is 24.1 Å². The van der Waals surface area contributed by atoms with E-state index in [-0.39, 0.29) is 6.79 Å². The van der Waals surface area contributed by atoms with Crippen LogP contribution in [0.1, 0.15) is 11.1 Å². The Balaban J connectivity index is 1.87. The monoisotopic (exact) mass is 268 g/mol. The predicted octanol–water partition coefficient (Wildman–Crippen LogP) is 1.78. The molecule has 2 aliphatic heterocycles. The predicted molar refractivity (Wildman–Crippen MR) is 70.5 cm³/mol. The van der Waals surface area contributed by atoms with Crippen LogP contribution in [0.15, 0.2) is 6.07 Å². The summed E-state index contributed by atoms with van der Waals surface area (Å²) in [7, 11) is 0. The number of halogens is 1. The molecule has 0 spiro atoms. The summed E-state index contributed by atoms with van der Waals surface area (Å²) < 4.78 is 10.8. The zero-order valence-electron chi connectivity index (χ0n) is 10.5. The summed E-state index contributed by atoms with van der Waals surface area (Å²) in [6, 6.07) is 2.02. The molecule has 1 saturated heterocycles. The maximum atomic E-state index is 6.43. The Morgan fingerprint density at radius 2 is 2.11 bits per heavy atom. The van der Waals surface area contributed by atoms with Crippen molar-refractivity contribution in [3.63, 3.8) is 0 Å². The molecule has 4 nitrogen and oxygen atoms in total. The van der Waals surface area contributed by atoms with E-state index in [1.54, 1.807) is 0 Å². The van der Waals surface area contributed by atoms with Crippen molar-refractivity contribution in [1.82, 2.24) is 10.2 Å². The zero-order chi connectivity index (χ0) is 12.5. The van der Waals surface area contributed by atoms with Crippen molar-refractivity contribution in [2.45, 2.75) is 13.5 Å². The van der Waals surface area contributed by atoms with Crippen molar-refractivity contribution in [2.75, 3.05) is 33.0 Å². The zero-order valence-corrected chi connectivity index (χ0v) is 11.2. The second-order valence-electron chi connectivity index (χ2n) is 4.75. The van der Waals surface area contributed by atoms with Gasteiger partial charge >= 0.3 is 0 Å². The largest absolute Gasteiger partial charge is 0.454 e. The van der Waals surface area contributed by atoms with Crippen molar-refractivity contribution >= 4 is 11.6 Å². The Labute approximate surface area is 112 Å². The number of fused-ring (bicyclic) bond motifs is 1. The molecule has 0 bridgehead atoms. The van der Waals surface area contributed by atoms with Crippen molar-refractivity contribution in [2.24, 2.45) is 0 Å². The summed E-state index contributed by atoms with van der Waals surface area (Å²) in [6.45, 7) is 7.43. The Hall–Kier alpha value is -0.970. The van der Waals surface area contributed by atoms with Gasteiger partial charge in [0.1, 0.15) is 0 Å². The molecule has 0 unspecified atom stereocenters. The molecular weight excluding hydrogens is 252 g/mol. The maximum Gasteiger partial charge on any atom is 0.231 e. The average molecular weight is 269 g/mol. The minimum atomic E-state index is 0.269. The first-order valence-corrected chi connectivity index (χ1v) is 6.64. The summed E-state index contributed by atoms with van der Waals surface area (Å²) in [4.78, 5) is 2.41. The number of nitrogens with zero attached hydrogens (tertiary/aromatic N) is 1. The van der Waals surface area contributed by atoms with Crippen LogP contribution in [-0.4, -0.2) is 37.9 Å². The molecule has 3 rings (SSSR count). The fourth-order valence-corrected chi connectivity index (χ4v) is 2.80. The van der Waals surface area contributed by atoms with Gasteiger partial charge in [0.15, 0.2) is 11.5 Å². The van der Waals surface area contributed by atoms with Crippen molar-refractivity contribution in [1.29, 1.82) is 0 Å². The summed E-state index contributed by atoms with van der Waals surface area (Å²) in [5.41, 5.74) is 2.32. The highest BCUT2D eigenvalue weighted by atomic mass is 35.5. The third-order valence-electron chi connectivity index (χ3n) is 3.52. The quantitative estimate of drug-likeness (QED) is 0.887. The van der Waals surface area contributed by atoms with E-state index in [2.05, 4.69) is 17.1 Å². The molecule has 0 atom stereocenters. The lowest BCUT2D eigenvalue weighted by molar-refractivity contribution is 0.174. The number of ether oxygens (including phenoxy) is 2.